The maximum Gasteiger partial charge on any atom is 0.226 e. The van der Waals surface area contributed by atoms with Crippen molar-refractivity contribution in [3.8, 4) is 0 Å². The Hall–Kier alpha value is -1.84. The molecule has 4 heteroatoms. The van der Waals surface area contributed by atoms with E-state index in [1.165, 1.54) is 0 Å². The molecule has 0 heterocycles. The van der Waals surface area contributed by atoms with Crippen LogP contribution in [-0.2, 0) is 9.59 Å². The molecule has 1 aromatic carbocycles. The molecule has 1 atom stereocenters. The normalized spacial score (nSPS) is 12.6. The van der Waals surface area contributed by atoms with Gasteiger partial charge in [-0.1, -0.05) is 51.1 Å². The molecule has 0 saturated carbocycles. The van der Waals surface area contributed by atoms with Gasteiger partial charge in [0.1, 0.15) is 0 Å². The first-order chi connectivity index (χ1) is 9.90. The van der Waals surface area contributed by atoms with Gasteiger partial charge >= 0.3 is 0 Å². The smallest absolute Gasteiger partial charge is 0.226 e. The van der Waals surface area contributed by atoms with Crippen LogP contribution in [-0.4, -0.2) is 18.4 Å². The lowest BCUT2D eigenvalue weighted by Crippen LogP contribution is -2.40. The van der Waals surface area contributed by atoms with Crippen LogP contribution in [0, 0.1) is 5.41 Å². The second-order valence-electron chi connectivity index (χ2n) is 5.83. The second-order valence-corrected chi connectivity index (χ2v) is 5.83. The van der Waals surface area contributed by atoms with Crippen LogP contribution >= 0.6 is 0 Å². The van der Waals surface area contributed by atoms with Gasteiger partial charge < -0.3 is 10.6 Å². The molecular weight excluding hydrogens is 264 g/mol. The highest BCUT2D eigenvalue weighted by Crippen LogP contribution is 2.23. The lowest BCUT2D eigenvalue weighted by molar-refractivity contribution is -0.130. The van der Waals surface area contributed by atoms with Crippen molar-refractivity contribution in [2.75, 3.05) is 6.54 Å². The summed E-state index contributed by atoms with van der Waals surface area (Å²) in [5.41, 5.74) is 0.512. The monoisotopic (exact) mass is 290 g/mol. The highest BCUT2D eigenvalue weighted by atomic mass is 16.2. The average molecular weight is 290 g/mol. The third-order valence-corrected chi connectivity index (χ3v) is 3.77. The molecule has 0 aliphatic heterocycles. The Kier molecular flexibility index (Phi) is 6.40. The van der Waals surface area contributed by atoms with Gasteiger partial charge in [0.05, 0.1) is 12.5 Å². The first-order valence-electron chi connectivity index (χ1n) is 7.53. The van der Waals surface area contributed by atoms with Crippen LogP contribution in [0.2, 0.25) is 0 Å². The Balaban J connectivity index is 2.88. The van der Waals surface area contributed by atoms with Crippen molar-refractivity contribution in [1.29, 1.82) is 0 Å². The molecule has 0 spiro atoms. The summed E-state index contributed by atoms with van der Waals surface area (Å²) in [5, 5.41) is 5.80. The van der Waals surface area contributed by atoms with Gasteiger partial charge in [-0.05, 0) is 18.9 Å². The van der Waals surface area contributed by atoms with E-state index >= 15 is 0 Å². The van der Waals surface area contributed by atoms with Gasteiger partial charge in [-0.15, -0.1) is 0 Å². The number of hydrogen-bond acceptors (Lipinski definition) is 2. The molecule has 2 amide bonds. The summed E-state index contributed by atoms with van der Waals surface area (Å²) < 4.78 is 0. The summed E-state index contributed by atoms with van der Waals surface area (Å²) in [6.45, 7) is 8.29. The van der Waals surface area contributed by atoms with E-state index in [0.29, 0.717) is 6.54 Å². The molecule has 0 fully saturated rings. The molecule has 21 heavy (non-hydrogen) atoms. The molecule has 4 nitrogen and oxygen atoms in total. The van der Waals surface area contributed by atoms with Gasteiger partial charge in [0.15, 0.2) is 0 Å². The number of nitrogens with one attached hydrogen (secondary N) is 2. The second kappa shape index (κ2) is 7.81. The summed E-state index contributed by atoms with van der Waals surface area (Å²) >= 11 is 0. The van der Waals surface area contributed by atoms with Crippen molar-refractivity contribution in [2.24, 2.45) is 5.41 Å². The van der Waals surface area contributed by atoms with Crippen molar-refractivity contribution in [1.82, 2.24) is 10.6 Å². The van der Waals surface area contributed by atoms with E-state index in [9.17, 15) is 9.59 Å². The van der Waals surface area contributed by atoms with Crippen molar-refractivity contribution in [2.45, 2.75) is 46.6 Å². The van der Waals surface area contributed by atoms with Gasteiger partial charge in [0.2, 0.25) is 11.8 Å². The molecule has 0 bridgehead atoms. The number of amides is 2. The molecular formula is C17H26N2O2. The Bertz CT molecular complexity index is 469. The molecule has 0 radical (unpaired) electrons. The highest BCUT2D eigenvalue weighted by Gasteiger charge is 2.28. The van der Waals surface area contributed by atoms with Crippen LogP contribution in [0.3, 0.4) is 0 Å². The SMILES string of the molecule is CCNC(=O)CC(NC(=O)C(C)(C)CC)c1ccccc1. The number of rotatable bonds is 7. The van der Waals surface area contributed by atoms with Crippen LogP contribution < -0.4 is 10.6 Å². The van der Waals surface area contributed by atoms with Gasteiger partial charge in [-0.2, -0.15) is 0 Å². The topological polar surface area (TPSA) is 58.2 Å². The quantitative estimate of drug-likeness (QED) is 0.811. The average Bonchev–Trinajstić information content (AvgIpc) is 2.47. The largest absolute Gasteiger partial charge is 0.356 e. The van der Waals surface area contributed by atoms with Crippen LogP contribution in [0.1, 0.15) is 52.1 Å². The molecule has 1 rings (SSSR count). The van der Waals surface area contributed by atoms with Gasteiger partial charge in [-0.3, -0.25) is 9.59 Å². The summed E-state index contributed by atoms with van der Waals surface area (Å²) in [4.78, 5) is 24.2. The maximum atomic E-state index is 12.4. The minimum atomic E-state index is -0.436. The molecule has 0 aliphatic rings. The summed E-state index contributed by atoms with van der Waals surface area (Å²) in [7, 11) is 0. The fraction of sp³-hybridized carbons (Fsp3) is 0.529. The third kappa shape index (κ3) is 5.21. The van der Waals surface area contributed by atoms with Crippen LogP contribution in [0.25, 0.3) is 0 Å². The summed E-state index contributed by atoms with van der Waals surface area (Å²) in [6.07, 6.45) is 1.00. The predicted octanol–water partition coefficient (Wildman–Crippen LogP) is 2.81. The zero-order valence-electron chi connectivity index (χ0n) is 13.4. The van der Waals surface area contributed by atoms with E-state index < -0.39 is 5.41 Å². The molecule has 116 valence electrons. The number of carbonyl (C=O) groups excluding carboxylic acids is 2. The fourth-order valence-corrected chi connectivity index (χ4v) is 1.91. The molecule has 0 aromatic heterocycles. The molecule has 0 aliphatic carbocycles. The van der Waals surface area contributed by atoms with Crippen LogP contribution in [0.5, 0.6) is 0 Å². The van der Waals surface area contributed by atoms with E-state index in [1.54, 1.807) is 0 Å². The van der Waals surface area contributed by atoms with Gasteiger partial charge in [0.25, 0.3) is 0 Å². The number of carbonyl (C=O) groups is 2. The van der Waals surface area contributed by atoms with E-state index in [2.05, 4.69) is 10.6 Å². The Labute approximate surface area is 127 Å². The van der Waals surface area contributed by atoms with Crippen LogP contribution in [0.4, 0.5) is 0 Å². The predicted molar refractivity (Wildman–Crippen MR) is 84.7 cm³/mol. The lowest BCUT2D eigenvalue weighted by atomic mass is 9.88. The molecule has 1 aromatic rings. The van der Waals surface area contributed by atoms with Gasteiger partial charge in [0, 0.05) is 12.0 Å². The number of benzene rings is 1. The van der Waals surface area contributed by atoms with E-state index in [-0.39, 0.29) is 24.3 Å². The Morgan fingerprint density at radius 2 is 1.76 bits per heavy atom. The van der Waals surface area contributed by atoms with E-state index in [1.807, 2.05) is 58.0 Å². The molecule has 2 N–H and O–H groups in total. The van der Waals surface area contributed by atoms with Crippen LogP contribution in [0.15, 0.2) is 30.3 Å². The zero-order valence-corrected chi connectivity index (χ0v) is 13.4. The van der Waals surface area contributed by atoms with Crippen molar-refractivity contribution < 1.29 is 9.59 Å². The number of hydrogen-bond donors (Lipinski definition) is 2. The third-order valence-electron chi connectivity index (χ3n) is 3.77. The Morgan fingerprint density at radius 3 is 2.29 bits per heavy atom. The van der Waals surface area contributed by atoms with E-state index in [0.717, 1.165) is 12.0 Å². The molecule has 1 unspecified atom stereocenters. The fourth-order valence-electron chi connectivity index (χ4n) is 1.91. The zero-order chi connectivity index (χ0) is 15.9. The summed E-state index contributed by atoms with van der Waals surface area (Å²) in [5.74, 6) is -0.0795. The lowest BCUT2D eigenvalue weighted by Gasteiger charge is -2.26. The summed E-state index contributed by atoms with van der Waals surface area (Å²) in [6, 6.07) is 9.32. The standard InChI is InChI=1S/C17H26N2O2/c1-5-17(3,4)16(21)19-14(12-15(20)18-6-2)13-10-8-7-9-11-13/h7-11,14H,5-6,12H2,1-4H3,(H,18,20)(H,19,21). The Morgan fingerprint density at radius 1 is 1.14 bits per heavy atom. The molecule has 0 saturated heterocycles. The first-order valence-corrected chi connectivity index (χ1v) is 7.53. The van der Waals surface area contributed by atoms with E-state index in [4.69, 9.17) is 0 Å². The van der Waals surface area contributed by atoms with Gasteiger partial charge in [-0.25, -0.2) is 0 Å². The maximum absolute atomic E-state index is 12.4. The highest BCUT2D eigenvalue weighted by molar-refractivity contribution is 5.83. The van der Waals surface area contributed by atoms with Crippen molar-refractivity contribution in [3.63, 3.8) is 0 Å². The minimum Gasteiger partial charge on any atom is -0.356 e. The van der Waals surface area contributed by atoms with Crippen molar-refractivity contribution in [3.05, 3.63) is 35.9 Å². The van der Waals surface area contributed by atoms with Crippen molar-refractivity contribution >= 4 is 11.8 Å². The first kappa shape index (κ1) is 17.2. The minimum absolute atomic E-state index is 0.0249.